The van der Waals surface area contributed by atoms with E-state index in [1.165, 1.54) is 25.7 Å². The predicted octanol–water partition coefficient (Wildman–Crippen LogP) is 2.11. The van der Waals surface area contributed by atoms with E-state index in [4.69, 9.17) is 4.74 Å². The van der Waals surface area contributed by atoms with Crippen LogP contribution in [0.2, 0.25) is 0 Å². The molecule has 1 aliphatic rings. The maximum atomic E-state index is 11.1. The first-order chi connectivity index (χ1) is 7.24. The molecule has 1 rings (SSSR count). The highest BCUT2D eigenvalue weighted by atomic mass is 16.5. The minimum absolute atomic E-state index is 0.0939. The van der Waals surface area contributed by atoms with Gasteiger partial charge in [-0.1, -0.05) is 12.8 Å². The van der Waals surface area contributed by atoms with Gasteiger partial charge < -0.3 is 10.1 Å². The smallest absolute Gasteiger partial charge is 0.307 e. The summed E-state index contributed by atoms with van der Waals surface area (Å²) in [5.41, 5.74) is 0. The largest absolute Gasteiger partial charge is 0.466 e. The number of carbonyl (C=O) groups excluding carboxylic acids is 1. The normalized spacial score (nSPS) is 19.1. The molecule has 0 aliphatic heterocycles. The summed E-state index contributed by atoms with van der Waals surface area (Å²) in [7, 11) is 0. The number of carbonyl (C=O) groups is 1. The van der Waals surface area contributed by atoms with Gasteiger partial charge in [-0.25, -0.2) is 0 Å². The van der Waals surface area contributed by atoms with Crippen LogP contribution in [0.25, 0.3) is 0 Å². The second kappa shape index (κ2) is 6.83. The van der Waals surface area contributed by atoms with E-state index in [0.29, 0.717) is 19.1 Å². The third-order valence-corrected chi connectivity index (χ3v) is 3.21. The summed E-state index contributed by atoms with van der Waals surface area (Å²) in [6, 6.07) is 0.543. The van der Waals surface area contributed by atoms with E-state index in [0.717, 1.165) is 12.5 Å². The van der Waals surface area contributed by atoms with Crippen molar-refractivity contribution in [2.75, 3.05) is 13.2 Å². The van der Waals surface area contributed by atoms with Crippen LogP contribution in [0.15, 0.2) is 0 Å². The zero-order valence-electron chi connectivity index (χ0n) is 9.92. The lowest BCUT2D eigenvalue weighted by atomic mass is 10.00. The summed E-state index contributed by atoms with van der Waals surface area (Å²) in [5, 5.41) is 3.41. The molecule has 0 aromatic heterocycles. The Labute approximate surface area is 92.6 Å². The second-order valence-electron chi connectivity index (χ2n) is 4.34. The fraction of sp³-hybridized carbons (Fsp3) is 0.917. The van der Waals surface area contributed by atoms with E-state index in [-0.39, 0.29) is 5.97 Å². The van der Waals surface area contributed by atoms with Crippen molar-refractivity contribution in [2.24, 2.45) is 5.92 Å². The molecule has 0 bridgehead atoms. The van der Waals surface area contributed by atoms with Crippen LogP contribution >= 0.6 is 0 Å². The molecule has 0 spiro atoms. The molecular formula is C12H23NO2. The van der Waals surface area contributed by atoms with E-state index in [1.807, 2.05) is 6.92 Å². The lowest BCUT2D eigenvalue weighted by molar-refractivity contribution is -0.143. The molecule has 0 heterocycles. The third kappa shape index (κ3) is 4.65. The number of hydrogen-bond donors (Lipinski definition) is 1. The molecule has 0 aromatic rings. The summed E-state index contributed by atoms with van der Waals surface area (Å²) in [6.07, 6.45) is 5.91. The average molecular weight is 213 g/mol. The van der Waals surface area contributed by atoms with Crippen molar-refractivity contribution in [3.05, 3.63) is 0 Å². The lowest BCUT2D eigenvalue weighted by Gasteiger charge is -2.19. The van der Waals surface area contributed by atoms with Crippen molar-refractivity contribution in [1.82, 2.24) is 5.32 Å². The molecule has 1 atom stereocenters. The molecule has 1 fully saturated rings. The molecule has 0 radical (unpaired) electrons. The summed E-state index contributed by atoms with van der Waals surface area (Å²) < 4.78 is 4.87. The van der Waals surface area contributed by atoms with Crippen molar-refractivity contribution in [2.45, 2.75) is 52.0 Å². The van der Waals surface area contributed by atoms with Gasteiger partial charge in [-0.15, -0.1) is 0 Å². The van der Waals surface area contributed by atoms with E-state index in [2.05, 4.69) is 12.2 Å². The highest BCUT2D eigenvalue weighted by molar-refractivity contribution is 5.69. The molecule has 1 aliphatic carbocycles. The number of hydrogen-bond acceptors (Lipinski definition) is 3. The minimum Gasteiger partial charge on any atom is -0.466 e. The van der Waals surface area contributed by atoms with Gasteiger partial charge in [0.1, 0.15) is 0 Å². The van der Waals surface area contributed by atoms with Gasteiger partial charge in [0.25, 0.3) is 0 Å². The predicted molar refractivity (Wildman–Crippen MR) is 60.7 cm³/mol. The Balaban J connectivity index is 2.05. The van der Waals surface area contributed by atoms with Crippen molar-refractivity contribution in [3.8, 4) is 0 Å². The Bertz CT molecular complexity index is 188. The summed E-state index contributed by atoms with van der Waals surface area (Å²) in [6.45, 7) is 5.29. The fourth-order valence-electron chi connectivity index (χ4n) is 2.26. The van der Waals surface area contributed by atoms with Crippen molar-refractivity contribution < 1.29 is 9.53 Å². The maximum absolute atomic E-state index is 11.1. The van der Waals surface area contributed by atoms with Crippen molar-refractivity contribution >= 4 is 5.97 Å². The fourth-order valence-corrected chi connectivity index (χ4v) is 2.26. The summed E-state index contributed by atoms with van der Waals surface area (Å²) in [4.78, 5) is 11.1. The number of esters is 1. The van der Waals surface area contributed by atoms with Gasteiger partial charge in [0.05, 0.1) is 13.0 Å². The van der Waals surface area contributed by atoms with Crippen LogP contribution in [-0.4, -0.2) is 25.2 Å². The second-order valence-corrected chi connectivity index (χ2v) is 4.34. The van der Waals surface area contributed by atoms with Gasteiger partial charge >= 0.3 is 5.97 Å². The Morgan fingerprint density at radius 3 is 2.73 bits per heavy atom. The van der Waals surface area contributed by atoms with Crippen molar-refractivity contribution in [1.29, 1.82) is 0 Å². The Hall–Kier alpha value is -0.570. The SMILES string of the molecule is CCOC(=O)CCN[C@H](C)C1CCCC1. The van der Waals surface area contributed by atoms with E-state index < -0.39 is 0 Å². The number of nitrogens with one attached hydrogen (secondary N) is 1. The van der Waals surface area contributed by atoms with Gasteiger partial charge in [-0.3, -0.25) is 4.79 Å². The summed E-state index contributed by atoms with van der Waals surface area (Å²) >= 11 is 0. The molecular weight excluding hydrogens is 190 g/mol. The molecule has 15 heavy (non-hydrogen) atoms. The van der Waals surface area contributed by atoms with E-state index in [9.17, 15) is 4.79 Å². The number of ether oxygens (including phenoxy) is 1. The van der Waals surface area contributed by atoms with Crippen LogP contribution in [0.4, 0.5) is 0 Å². The molecule has 0 aromatic carbocycles. The maximum Gasteiger partial charge on any atom is 0.307 e. The van der Waals surface area contributed by atoms with Crippen LogP contribution in [-0.2, 0) is 9.53 Å². The molecule has 3 heteroatoms. The van der Waals surface area contributed by atoms with Crippen LogP contribution < -0.4 is 5.32 Å². The topological polar surface area (TPSA) is 38.3 Å². The van der Waals surface area contributed by atoms with Gasteiger partial charge in [0.15, 0.2) is 0 Å². The van der Waals surface area contributed by atoms with Crippen LogP contribution in [0.3, 0.4) is 0 Å². The minimum atomic E-state index is -0.0939. The van der Waals surface area contributed by atoms with Gasteiger partial charge in [0.2, 0.25) is 0 Å². The molecule has 3 nitrogen and oxygen atoms in total. The molecule has 0 unspecified atom stereocenters. The average Bonchev–Trinajstić information content (AvgIpc) is 2.70. The first kappa shape index (κ1) is 12.5. The van der Waals surface area contributed by atoms with Gasteiger partial charge in [-0.2, -0.15) is 0 Å². The molecule has 88 valence electrons. The van der Waals surface area contributed by atoms with Crippen molar-refractivity contribution in [3.63, 3.8) is 0 Å². The number of rotatable bonds is 6. The Morgan fingerprint density at radius 1 is 1.47 bits per heavy atom. The monoisotopic (exact) mass is 213 g/mol. The summed E-state index contributed by atoms with van der Waals surface area (Å²) in [5.74, 6) is 0.718. The highest BCUT2D eigenvalue weighted by Gasteiger charge is 2.20. The highest BCUT2D eigenvalue weighted by Crippen LogP contribution is 2.27. The molecule has 1 N–H and O–H groups in total. The Kier molecular flexibility index (Phi) is 5.69. The van der Waals surface area contributed by atoms with E-state index >= 15 is 0 Å². The first-order valence-corrected chi connectivity index (χ1v) is 6.13. The van der Waals surface area contributed by atoms with Gasteiger partial charge in [-0.05, 0) is 32.6 Å². The van der Waals surface area contributed by atoms with E-state index in [1.54, 1.807) is 0 Å². The van der Waals surface area contributed by atoms with Gasteiger partial charge in [0, 0.05) is 12.6 Å². The molecule has 0 saturated heterocycles. The van der Waals surface area contributed by atoms with Crippen LogP contribution in [0.5, 0.6) is 0 Å². The van der Waals surface area contributed by atoms with Crippen LogP contribution in [0.1, 0.15) is 46.0 Å². The molecule has 1 saturated carbocycles. The lowest BCUT2D eigenvalue weighted by Crippen LogP contribution is -2.34. The molecule has 0 amide bonds. The zero-order valence-corrected chi connectivity index (χ0v) is 9.92. The third-order valence-electron chi connectivity index (χ3n) is 3.21. The Morgan fingerprint density at radius 2 is 2.13 bits per heavy atom. The standard InChI is InChI=1S/C12H23NO2/c1-3-15-12(14)8-9-13-10(2)11-6-4-5-7-11/h10-11,13H,3-9H2,1-2H3/t10-/m1/s1. The quantitative estimate of drug-likeness (QED) is 0.687. The first-order valence-electron chi connectivity index (χ1n) is 6.13. The van der Waals surface area contributed by atoms with Crippen LogP contribution in [0, 0.1) is 5.92 Å². The zero-order chi connectivity index (χ0) is 11.1.